The number of hydrogen-bond donors (Lipinski definition) is 1. The van der Waals surface area contributed by atoms with Gasteiger partial charge in [0.25, 0.3) is 0 Å². The van der Waals surface area contributed by atoms with E-state index in [1.54, 1.807) is 0 Å². The third-order valence-corrected chi connectivity index (χ3v) is 2.86. The van der Waals surface area contributed by atoms with Crippen molar-refractivity contribution in [3.05, 3.63) is 30.1 Å². The van der Waals surface area contributed by atoms with Gasteiger partial charge in [0.15, 0.2) is 11.5 Å². The minimum absolute atomic E-state index is 0.0225. The first-order valence-electron chi connectivity index (χ1n) is 5.51. The van der Waals surface area contributed by atoms with Crippen LogP contribution < -0.4 is 4.90 Å². The number of carboxylic acids is 1. The van der Waals surface area contributed by atoms with Crippen LogP contribution in [0, 0.1) is 5.82 Å². The molecule has 2 aromatic heterocycles. The monoisotopic (exact) mass is 264 g/mol. The number of nitrogens with zero attached hydrogens (tertiary/aromatic N) is 6. The van der Waals surface area contributed by atoms with E-state index < -0.39 is 11.8 Å². The summed E-state index contributed by atoms with van der Waals surface area (Å²) in [4.78, 5) is 20.2. The summed E-state index contributed by atoms with van der Waals surface area (Å²) in [5.41, 5.74) is -0.0866. The van der Waals surface area contributed by atoms with Gasteiger partial charge in [-0.2, -0.15) is 0 Å². The number of anilines is 1. The summed E-state index contributed by atoms with van der Waals surface area (Å²) in [5, 5.41) is 16.0. The predicted octanol–water partition coefficient (Wildman–Crippen LogP) is -0.0333. The Labute approximate surface area is 106 Å². The molecule has 3 rings (SSSR count). The first kappa shape index (κ1) is 11.5. The van der Waals surface area contributed by atoms with Crippen LogP contribution >= 0.6 is 0 Å². The smallest absolute Gasteiger partial charge is 0.358 e. The normalized spacial score (nSPS) is 15.3. The first-order valence-corrected chi connectivity index (χ1v) is 5.51. The molecule has 0 atom stereocenters. The van der Waals surface area contributed by atoms with Crippen LogP contribution in [0.3, 0.4) is 0 Å². The summed E-state index contributed by atoms with van der Waals surface area (Å²) in [5.74, 6) is -1.15. The average Bonchev–Trinajstić information content (AvgIpc) is 2.79. The third kappa shape index (κ3) is 2.09. The van der Waals surface area contributed by atoms with Gasteiger partial charge >= 0.3 is 5.97 Å². The first-order chi connectivity index (χ1) is 9.13. The van der Waals surface area contributed by atoms with Gasteiger partial charge < -0.3 is 10.0 Å². The van der Waals surface area contributed by atoms with Crippen molar-refractivity contribution in [1.82, 2.24) is 25.0 Å². The lowest BCUT2D eigenvalue weighted by molar-refractivity contribution is 0.0690. The van der Waals surface area contributed by atoms with Crippen LogP contribution in [-0.4, -0.2) is 49.1 Å². The number of halogens is 1. The van der Waals surface area contributed by atoms with E-state index in [1.807, 2.05) is 4.90 Å². The van der Waals surface area contributed by atoms with Gasteiger partial charge in [-0.25, -0.2) is 23.8 Å². The fourth-order valence-corrected chi connectivity index (χ4v) is 1.81. The van der Waals surface area contributed by atoms with Crippen molar-refractivity contribution in [2.75, 3.05) is 18.0 Å². The van der Waals surface area contributed by atoms with Crippen LogP contribution in [0.25, 0.3) is 0 Å². The van der Waals surface area contributed by atoms with Crippen molar-refractivity contribution in [2.24, 2.45) is 0 Å². The summed E-state index contributed by atoms with van der Waals surface area (Å²) >= 11 is 0. The number of hydrogen-bond acceptors (Lipinski definition) is 6. The van der Waals surface area contributed by atoms with E-state index in [-0.39, 0.29) is 11.7 Å². The maximum absolute atomic E-state index is 12.7. The molecule has 0 bridgehead atoms. The second kappa shape index (κ2) is 4.26. The summed E-state index contributed by atoms with van der Waals surface area (Å²) in [6, 6.07) is 0.0225. The molecule has 1 fully saturated rings. The summed E-state index contributed by atoms with van der Waals surface area (Å²) < 4.78 is 14.2. The van der Waals surface area contributed by atoms with Crippen LogP contribution in [0.1, 0.15) is 16.5 Å². The quantitative estimate of drug-likeness (QED) is 0.831. The predicted molar refractivity (Wildman–Crippen MR) is 60.2 cm³/mol. The van der Waals surface area contributed by atoms with Gasteiger partial charge in [-0.05, 0) is 0 Å². The molecule has 9 heteroatoms. The minimum Gasteiger partial charge on any atom is -0.476 e. The molecule has 98 valence electrons. The highest BCUT2D eigenvalue weighted by molar-refractivity contribution is 5.84. The van der Waals surface area contributed by atoms with Crippen LogP contribution in [0.5, 0.6) is 0 Å². The summed E-state index contributed by atoms with van der Waals surface area (Å²) in [6.45, 7) is 1.15. The number of aromatic nitrogens is 5. The highest BCUT2D eigenvalue weighted by Gasteiger charge is 2.31. The minimum atomic E-state index is -1.11. The van der Waals surface area contributed by atoms with Gasteiger partial charge in [0.05, 0.1) is 24.6 Å². The molecule has 2 aromatic rings. The van der Waals surface area contributed by atoms with Gasteiger partial charge in [0, 0.05) is 13.1 Å². The Kier molecular flexibility index (Phi) is 2.58. The molecule has 0 aromatic carbocycles. The van der Waals surface area contributed by atoms with Crippen LogP contribution in [0.4, 0.5) is 10.3 Å². The lowest BCUT2D eigenvalue weighted by atomic mass is 10.1. The van der Waals surface area contributed by atoms with Crippen molar-refractivity contribution in [2.45, 2.75) is 6.04 Å². The molecule has 19 heavy (non-hydrogen) atoms. The average molecular weight is 264 g/mol. The Balaban J connectivity index is 1.65. The van der Waals surface area contributed by atoms with Gasteiger partial charge in [-0.15, -0.1) is 5.10 Å². The van der Waals surface area contributed by atoms with E-state index in [1.165, 1.54) is 10.9 Å². The molecule has 0 aliphatic carbocycles. The second-order valence-electron chi connectivity index (χ2n) is 4.15. The molecular weight excluding hydrogens is 255 g/mol. The molecule has 1 N–H and O–H groups in total. The Morgan fingerprint density at radius 2 is 2.05 bits per heavy atom. The topological polar surface area (TPSA) is 97.0 Å². The number of carbonyl (C=O) groups is 1. The number of aromatic carboxylic acids is 1. The zero-order valence-corrected chi connectivity index (χ0v) is 9.64. The highest BCUT2D eigenvalue weighted by atomic mass is 19.1. The fourth-order valence-electron chi connectivity index (χ4n) is 1.81. The number of carboxylic acid groups (broad SMARTS) is 1. The standard InChI is InChI=1S/C10H9FN6O2/c11-6-1-12-10(13-2-6)16-3-7(4-16)17-5-8(9(18)19)14-15-17/h1-2,5,7H,3-4H2,(H,18,19). The Morgan fingerprint density at radius 1 is 1.37 bits per heavy atom. The third-order valence-electron chi connectivity index (χ3n) is 2.86. The van der Waals surface area contributed by atoms with E-state index in [2.05, 4.69) is 20.3 Å². The molecule has 0 unspecified atom stereocenters. The molecule has 1 saturated heterocycles. The van der Waals surface area contributed by atoms with Crippen molar-refractivity contribution in [1.29, 1.82) is 0 Å². The van der Waals surface area contributed by atoms with Crippen LogP contribution in [-0.2, 0) is 0 Å². The van der Waals surface area contributed by atoms with Gasteiger partial charge in [0.2, 0.25) is 5.95 Å². The van der Waals surface area contributed by atoms with E-state index >= 15 is 0 Å². The maximum Gasteiger partial charge on any atom is 0.358 e. The zero-order valence-electron chi connectivity index (χ0n) is 9.64. The molecular formula is C10H9FN6O2. The van der Waals surface area contributed by atoms with Gasteiger partial charge in [0.1, 0.15) is 0 Å². The molecule has 0 saturated carbocycles. The zero-order chi connectivity index (χ0) is 13.4. The SMILES string of the molecule is O=C(O)c1cn(C2CN(c3ncc(F)cn3)C2)nn1. The van der Waals surface area contributed by atoms with Gasteiger partial charge in [-0.3, -0.25) is 0 Å². The molecule has 8 nitrogen and oxygen atoms in total. The molecule has 0 spiro atoms. The van der Waals surface area contributed by atoms with Crippen molar-refractivity contribution in [3.8, 4) is 0 Å². The van der Waals surface area contributed by atoms with Crippen LogP contribution in [0.15, 0.2) is 18.6 Å². The molecule has 1 aliphatic rings. The van der Waals surface area contributed by atoms with Gasteiger partial charge in [-0.1, -0.05) is 5.21 Å². The van der Waals surface area contributed by atoms with Crippen molar-refractivity contribution in [3.63, 3.8) is 0 Å². The second-order valence-corrected chi connectivity index (χ2v) is 4.15. The summed E-state index contributed by atoms with van der Waals surface area (Å²) in [7, 11) is 0. The van der Waals surface area contributed by atoms with E-state index in [0.29, 0.717) is 19.0 Å². The van der Waals surface area contributed by atoms with Crippen molar-refractivity contribution < 1.29 is 14.3 Å². The Bertz CT molecular complexity index is 607. The molecule has 3 heterocycles. The largest absolute Gasteiger partial charge is 0.476 e. The molecule has 1 aliphatic heterocycles. The van der Waals surface area contributed by atoms with E-state index in [4.69, 9.17) is 5.11 Å². The lowest BCUT2D eigenvalue weighted by Crippen LogP contribution is -2.48. The van der Waals surface area contributed by atoms with E-state index in [0.717, 1.165) is 12.4 Å². The van der Waals surface area contributed by atoms with Crippen LogP contribution in [0.2, 0.25) is 0 Å². The molecule has 0 amide bonds. The Hall–Kier alpha value is -2.58. The Morgan fingerprint density at radius 3 is 2.63 bits per heavy atom. The van der Waals surface area contributed by atoms with Crippen molar-refractivity contribution >= 4 is 11.9 Å². The summed E-state index contributed by atoms with van der Waals surface area (Å²) in [6.07, 6.45) is 3.59. The molecule has 0 radical (unpaired) electrons. The lowest BCUT2D eigenvalue weighted by Gasteiger charge is -2.38. The fraction of sp³-hybridized carbons (Fsp3) is 0.300. The highest BCUT2D eigenvalue weighted by Crippen LogP contribution is 2.24. The number of rotatable bonds is 3. The maximum atomic E-state index is 12.7. The van der Waals surface area contributed by atoms with E-state index in [9.17, 15) is 9.18 Å².